The van der Waals surface area contributed by atoms with Crippen molar-refractivity contribution in [2.75, 3.05) is 5.32 Å². The Kier molecular flexibility index (Phi) is 6.06. The highest BCUT2D eigenvalue weighted by Crippen LogP contribution is 2.29. The summed E-state index contributed by atoms with van der Waals surface area (Å²) in [5.41, 5.74) is 1.20. The second-order valence-electron chi connectivity index (χ2n) is 5.30. The van der Waals surface area contributed by atoms with Crippen LogP contribution in [0.5, 0.6) is 5.75 Å². The Hall–Kier alpha value is -2.24. The van der Waals surface area contributed by atoms with Gasteiger partial charge in [-0.1, -0.05) is 41.4 Å². The third-order valence-corrected chi connectivity index (χ3v) is 4.08. The van der Waals surface area contributed by atoms with Gasteiger partial charge in [0.1, 0.15) is 5.75 Å². The Balaban J connectivity index is 1.92. The molecule has 0 aliphatic carbocycles. The van der Waals surface area contributed by atoms with Gasteiger partial charge in [-0.3, -0.25) is 9.59 Å². The highest BCUT2D eigenvalue weighted by Gasteiger charge is 2.18. The third kappa shape index (κ3) is 4.88. The van der Waals surface area contributed by atoms with Crippen LogP contribution in [0.1, 0.15) is 12.5 Å². The molecule has 2 amide bonds. The van der Waals surface area contributed by atoms with E-state index in [1.165, 1.54) is 0 Å². The zero-order valence-electron chi connectivity index (χ0n) is 12.8. The van der Waals surface area contributed by atoms with Crippen molar-refractivity contribution >= 4 is 40.7 Å². The van der Waals surface area contributed by atoms with E-state index in [4.69, 9.17) is 23.2 Å². The molecule has 5 nitrogen and oxygen atoms in total. The molecule has 0 heterocycles. The topological polar surface area (TPSA) is 78.4 Å². The third-order valence-electron chi connectivity index (χ3n) is 3.26. The summed E-state index contributed by atoms with van der Waals surface area (Å²) in [5.74, 6) is -1.41. The molecule has 0 saturated carbocycles. The average molecular weight is 367 g/mol. The predicted octanol–water partition coefficient (Wildman–Crippen LogP) is 3.38. The Bertz CT molecular complexity index is 748. The standard InChI is InChI=1S/C17H16Cl2N2O3/c1-10(9-11-5-7-12(22)8-6-11)20-16(23)17(24)21-14-4-2-3-13(18)15(14)19/h2-8,10,22H,9H2,1H3,(H,20,23)(H,21,24). The molecular formula is C17H16Cl2N2O3. The molecule has 1 unspecified atom stereocenters. The van der Waals surface area contributed by atoms with Crippen molar-refractivity contribution in [3.05, 3.63) is 58.1 Å². The summed E-state index contributed by atoms with van der Waals surface area (Å²) < 4.78 is 0. The molecular weight excluding hydrogens is 351 g/mol. The van der Waals surface area contributed by atoms with E-state index >= 15 is 0 Å². The number of carbonyl (C=O) groups is 2. The maximum Gasteiger partial charge on any atom is 0.313 e. The Morgan fingerprint density at radius 1 is 1.08 bits per heavy atom. The molecule has 2 aromatic rings. The molecule has 0 spiro atoms. The van der Waals surface area contributed by atoms with Crippen molar-refractivity contribution in [2.24, 2.45) is 0 Å². The molecule has 0 aromatic heterocycles. The molecule has 2 aromatic carbocycles. The summed E-state index contributed by atoms with van der Waals surface area (Å²) >= 11 is 11.8. The molecule has 1 atom stereocenters. The number of phenols is 1. The summed E-state index contributed by atoms with van der Waals surface area (Å²) in [6.07, 6.45) is 0.525. The van der Waals surface area contributed by atoms with Gasteiger partial charge >= 0.3 is 11.8 Å². The van der Waals surface area contributed by atoms with E-state index in [0.717, 1.165) is 5.56 Å². The summed E-state index contributed by atoms with van der Waals surface area (Å²) in [7, 11) is 0. The van der Waals surface area contributed by atoms with Gasteiger partial charge in [-0.2, -0.15) is 0 Å². The molecule has 0 aliphatic rings. The van der Waals surface area contributed by atoms with E-state index in [-0.39, 0.29) is 27.5 Å². The van der Waals surface area contributed by atoms with Gasteiger partial charge in [-0.05, 0) is 43.2 Å². The van der Waals surface area contributed by atoms with Crippen LogP contribution in [0, 0.1) is 0 Å². The van der Waals surface area contributed by atoms with E-state index < -0.39 is 11.8 Å². The van der Waals surface area contributed by atoms with Gasteiger partial charge in [0, 0.05) is 6.04 Å². The van der Waals surface area contributed by atoms with E-state index in [0.29, 0.717) is 6.42 Å². The zero-order valence-corrected chi connectivity index (χ0v) is 14.4. The second-order valence-corrected chi connectivity index (χ2v) is 6.09. The van der Waals surface area contributed by atoms with Crippen molar-refractivity contribution in [3.8, 4) is 5.75 Å². The maximum absolute atomic E-state index is 12.0. The maximum atomic E-state index is 12.0. The smallest absolute Gasteiger partial charge is 0.313 e. The minimum absolute atomic E-state index is 0.174. The van der Waals surface area contributed by atoms with Crippen LogP contribution in [0.15, 0.2) is 42.5 Å². The fraction of sp³-hybridized carbons (Fsp3) is 0.176. The molecule has 3 N–H and O–H groups in total. The Morgan fingerprint density at radius 2 is 1.75 bits per heavy atom. The number of phenolic OH excluding ortho intramolecular Hbond substituents is 1. The van der Waals surface area contributed by atoms with Gasteiger partial charge in [0.05, 0.1) is 15.7 Å². The lowest BCUT2D eigenvalue weighted by Crippen LogP contribution is -2.41. The molecule has 126 valence electrons. The zero-order chi connectivity index (χ0) is 17.7. The van der Waals surface area contributed by atoms with Gasteiger partial charge in [0.2, 0.25) is 0 Å². The first-order chi connectivity index (χ1) is 11.4. The fourth-order valence-electron chi connectivity index (χ4n) is 2.11. The number of hydrogen-bond donors (Lipinski definition) is 3. The van der Waals surface area contributed by atoms with Crippen LogP contribution in [0.3, 0.4) is 0 Å². The summed E-state index contributed by atoms with van der Waals surface area (Å²) in [5, 5.41) is 14.7. The highest BCUT2D eigenvalue weighted by molar-refractivity contribution is 6.45. The molecule has 2 rings (SSSR count). The summed E-state index contributed by atoms with van der Waals surface area (Å²) in [6, 6.07) is 11.1. The fourth-order valence-corrected chi connectivity index (χ4v) is 2.45. The number of rotatable bonds is 4. The van der Waals surface area contributed by atoms with Gasteiger partial charge in [0.25, 0.3) is 0 Å². The minimum atomic E-state index is -0.822. The van der Waals surface area contributed by atoms with Gasteiger partial charge in [-0.15, -0.1) is 0 Å². The van der Waals surface area contributed by atoms with Crippen LogP contribution >= 0.6 is 23.2 Å². The highest BCUT2D eigenvalue weighted by atomic mass is 35.5. The summed E-state index contributed by atoms with van der Waals surface area (Å²) in [4.78, 5) is 23.9. The average Bonchev–Trinajstić information content (AvgIpc) is 2.54. The Labute approximate surface area is 149 Å². The van der Waals surface area contributed by atoms with Crippen LogP contribution < -0.4 is 10.6 Å². The van der Waals surface area contributed by atoms with Crippen LogP contribution in [0.25, 0.3) is 0 Å². The quantitative estimate of drug-likeness (QED) is 0.725. The predicted molar refractivity (Wildman–Crippen MR) is 94.5 cm³/mol. The lowest BCUT2D eigenvalue weighted by Gasteiger charge is -2.14. The monoisotopic (exact) mass is 366 g/mol. The molecule has 0 aliphatic heterocycles. The van der Waals surface area contributed by atoms with Crippen molar-refractivity contribution < 1.29 is 14.7 Å². The number of nitrogens with one attached hydrogen (secondary N) is 2. The SMILES string of the molecule is CC(Cc1ccc(O)cc1)NC(=O)C(=O)Nc1cccc(Cl)c1Cl. The summed E-state index contributed by atoms with van der Waals surface area (Å²) in [6.45, 7) is 1.78. The van der Waals surface area contributed by atoms with Crippen molar-refractivity contribution in [1.29, 1.82) is 0 Å². The number of anilines is 1. The Morgan fingerprint density at radius 3 is 2.42 bits per heavy atom. The van der Waals surface area contributed by atoms with Crippen LogP contribution in [0.2, 0.25) is 10.0 Å². The number of amides is 2. The van der Waals surface area contributed by atoms with Gasteiger partial charge in [-0.25, -0.2) is 0 Å². The van der Waals surface area contributed by atoms with Crippen LogP contribution in [-0.2, 0) is 16.0 Å². The first kappa shape index (κ1) is 18.1. The largest absolute Gasteiger partial charge is 0.508 e. The molecule has 24 heavy (non-hydrogen) atoms. The van der Waals surface area contributed by atoms with Crippen LogP contribution in [0.4, 0.5) is 5.69 Å². The molecule has 0 bridgehead atoms. The number of hydrogen-bond acceptors (Lipinski definition) is 3. The van der Waals surface area contributed by atoms with E-state index in [1.807, 2.05) is 0 Å². The lowest BCUT2D eigenvalue weighted by atomic mass is 10.1. The minimum Gasteiger partial charge on any atom is -0.508 e. The first-order valence-corrected chi connectivity index (χ1v) is 7.96. The molecule has 0 radical (unpaired) electrons. The van der Waals surface area contributed by atoms with Crippen molar-refractivity contribution in [1.82, 2.24) is 5.32 Å². The van der Waals surface area contributed by atoms with E-state index in [9.17, 15) is 14.7 Å². The first-order valence-electron chi connectivity index (χ1n) is 7.20. The number of carbonyl (C=O) groups excluding carboxylic acids is 2. The van der Waals surface area contributed by atoms with E-state index in [1.54, 1.807) is 49.4 Å². The lowest BCUT2D eigenvalue weighted by molar-refractivity contribution is -0.136. The normalized spacial score (nSPS) is 11.6. The van der Waals surface area contributed by atoms with E-state index in [2.05, 4.69) is 10.6 Å². The van der Waals surface area contributed by atoms with Crippen molar-refractivity contribution in [3.63, 3.8) is 0 Å². The van der Waals surface area contributed by atoms with Gasteiger partial charge < -0.3 is 15.7 Å². The molecule has 7 heteroatoms. The number of benzene rings is 2. The molecule has 0 fully saturated rings. The van der Waals surface area contributed by atoms with Crippen LogP contribution in [-0.4, -0.2) is 23.0 Å². The number of aromatic hydroxyl groups is 1. The van der Waals surface area contributed by atoms with Gasteiger partial charge in [0.15, 0.2) is 0 Å². The molecule has 0 saturated heterocycles. The number of halogens is 2. The second kappa shape index (κ2) is 8.04. The van der Waals surface area contributed by atoms with Crippen molar-refractivity contribution in [2.45, 2.75) is 19.4 Å².